The average Bonchev–Trinajstić information content (AvgIpc) is 2.35. The van der Waals surface area contributed by atoms with Gasteiger partial charge in [0.1, 0.15) is 12.2 Å². The molecule has 0 bridgehead atoms. The van der Waals surface area contributed by atoms with Gasteiger partial charge in [-0.25, -0.2) is 0 Å². The molecule has 2 atom stereocenters. The van der Waals surface area contributed by atoms with Gasteiger partial charge in [0.25, 0.3) is 0 Å². The molecule has 0 spiro atoms. The maximum atomic E-state index is 11.2. The molecule has 0 fully saturated rings. The van der Waals surface area contributed by atoms with Gasteiger partial charge in [-0.05, 0) is 18.6 Å². The SMILES string of the molecule is CC(=O)NCC(O)C(O)c1cccc(C(C)=O)c1. The Morgan fingerprint density at radius 3 is 2.50 bits per heavy atom. The largest absolute Gasteiger partial charge is 0.388 e. The fraction of sp³-hybridized carbons (Fsp3) is 0.385. The van der Waals surface area contributed by atoms with E-state index in [0.717, 1.165) is 0 Å². The van der Waals surface area contributed by atoms with Crippen molar-refractivity contribution < 1.29 is 19.8 Å². The first kappa shape index (κ1) is 14.3. The summed E-state index contributed by atoms with van der Waals surface area (Å²) in [5, 5.41) is 22.0. The van der Waals surface area contributed by atoms with Crippen molar-refractivity contribution in [2.75, 3.05) is 6.54 Å². The van der Waals surface area contributed by atoms with Crippen molar-refractivity contribution in [2.24, 2.45) is 0 Å². The van der Waals surface area contributed by atoms with Crippen molar-refractivity contribution in [1.82, 2.24) is 5.32 Å². The molecule has 0 aromatic heterocycles. The number of aliphatic hydroxyl groups is 2. The van der Waals surface area contributed by atoms with Crippen LogP contribution in [-0.2, 0) is 4.79 Å². The monoisotopic (exact) mass is 251 g/mol. The molecular formula is C13H17NO4. The molecule has 1 aromatic carbocycles. The van der Waals surface area contributed by atoms with Crippen molar-refractivity contribution in [3.8, 4) is 0 Å². The molecule has 0 aliphatic rings. The third-order valence-corrected chi connectivity index (χ3v) is 2.56. The molecule has 0 saturated heterocycles. The van der Waals surface area contributed by atoms with Crippen molar-refractivity contribution in [2.45, 2.75) is 26.1 Å². The fourth-order valence-electron chi connectivity index (χ4n) is 1.52. The number of ketones is 1. The summed E-state index contributed by atoms with van der Waals surface area (Å²) >= 11 is 0. The van der Waals surface area contributed by atoms with Crippen LogP contribution in [0.3, 0.4) is 0 Å². The predicted molar refractivity (Wildman–Crippen MR) is 66.1 cm³/mol. The van der Waals surface area contributed by atoms with Gasteiger partial charge in [-0.3, -0.25) is 9.59 Å². The summed E-state index contributed by atoms with van der Waals surface area (Å²) in [6.45, 7) is 2.72. The number of hydrogen-bond acceptors (Lipinski definition) is 4. The van der Waals surface area contributed by atoms with Gasteiger partial charge in [0.05, 0.1) is 0 Å². The normalized spacial score (nSPS) is 13.8. The Bertz CT molecular complexity index is 444. The Balaban J connectivity index is 2.76. The van der Waals surface area contributed by atoms with Crippen LogP contribution in [0.5, 0.6) is 0 Å². The Hall–Kier alpha value is -1.72. The van der Waals surface area contributed by atoms with Gasteiger partial charge in [0.15, 0.2) is 5.78 Å². The fourth-order valence-corrected chi connectivity index (χ4v) is 1.52. The summed E-state index contributed by atoms with van der Waals surface area (Å²) in [7, 11) is 0. The average molecular weight is 251 g/mol. The number of rotatable bonds is 5. The topological polar surface area (TPSA) is 86.6 Å². The van der Waals surface area contributed by atoms with Gasteiger partial charge in [0, 0.05) is 19.0 Å². The molecule has 98 valence electrons. The smallest absolute Gasteiger partial charge is 0.216 e. The summed E-state index contributed by atoms with van der Waals surface area (Å²) in [6.07, 6.45) is -2.26. The molecule has 0 aliphatic heterocycles. The zero-order chi connectivity index (χ0) is 13.7. The maximum absolute atomic E-state index is 11.2. The van der Waals surface area contributed by atoms with Gasteiger partial charge in [-0.2, -0.15) is 0 Å². The number of benzene rings is 1. The van der Waals surface area contributed by atoms with Gasteiger partial charge < -0.3 is 15.5 Å². The van der Waals surface area contributed by atoms with Gasteiger partial charge in [-0.15, -0.1) is 0 Å². The standard InChI is InChI=1S/C13H17NO4/c1-8(15)10-4-3-5-11(6-10)13(18)12(17)7-14-9(2)16/h3-6,12-13,17-18H,7H2,1-2H3,(H,14,16). The molecule has 0 heterocycles. The molecule has 5 nitrogen and oxygen atoms in total. The number of carbonyl (C=O) groups is 2. The van der Waals surface area contributed by atoms with E-state index in [2.05, 4.69) is 5.32 Å². The van der Waals surface area contributed by atoms with E-state index in [1.807, 2.05) is 0 Å². The summed E-state index contributed by atoms with van der Waals surface area (Å²) in [6, 6.07) is 6.43. The highest BCUT2D eigenvalue weighted by Gasteiger charge is 2.19. The lowest BCUT2D eigenvalue weighted by Crippen LogP contribution is -2.34. The lowest BCUT2D eigenvalue weighted by atomic mass is 10.0. The molecule has 1 aromatic rings. The first-order chi connectivity index (χ1) is 8.41. The molecule has 0 aliphatic carbocycles. The van der Waals surface area contributed by atoms with Gasteiger partial charge in [-0.1, -0.05) is 18.2 Å². The molecule has 3 N–H and O–H groups in total. The third kappa shape index (κ3) is 3.94. The van der Waals surface area contributed by atoms with Crippen molar-refractivity contribution >= 4 is 11.7 Å². The van der Waals surface area contributed by atoms with Crippen molar-refractivity contribution in [3.05, 3.63) is 35.4 Å². The zero-order valence-corrected chi connectivity index (χ0v) is 10.4. The third-order valence-electron chi connectivity index (χ3n) is 2.56. The van der Waals surface area contributed by atoms with E-state index in [1.54, 1.807) is 18.2 Å². The highest BCUT2D eigenvalue weighted by atomic mass is 16.3. The summed E-state index contributed by atoms with van der Waals surface area (Å²) in [5.74, 6) is -0.390. The Morgan fingerprint density at radius 1 is 1.28 bits per heavy atom. The number of amides is 1. The van der Waals surface area contributed by atoms with Gasteiger partial charge in [0.2, 0.25) is 5.91 Å². The van der Waals surface area contributed by atoms with E-state index >= 15 is 0 Å². The predicted octanol–water partition coefficient (Wildman–Crippen LogP) is 0.420. The molecule has 2 unspecified atom stereocenters. The molecular weight excluding hydrogens is 234 g/mol. The zero-order valence-electron chi connectivity index (χ0n) is 10.4. The second-order valence-corrected chi connectivity index (χ2v) is 4.13. The number of Topliss-reactive ketones (excluding diaryl/α,β-unsaturated/α-hetero) is 1. The molecule has 5 heteroatoms. The highest BCUT2D eigenvalue weighted by Crippen LogP contribution is 2.18. The summed E-state index contributed by atoms with van der Waals surface area (Å²) in [5.41, 5.74) is 0.916. The van der Waals surface area contributed by atoms with E-state index in [0.29, 0.717) is 11.1 Å². The van der Waals surface area contributed by atoms with E-state index in [4.69, 9.17) is 0 Å². The minimum atomic E-state index is -1.14. The molecule has 1 amide bonds. The minimum Gasteiger partial charge on any atom is -0.388 e. The minimum absolute atomic E-state index is 0.0409. The van der Waals surface area contributed by atoms with Crippen LogP contribution in [0.25, 0.3) is 0 Å². The van der Waals surface area contributed by atoms with Crippen LogP contribution in [-0.4, -0.2) is 34.6 Å². The molecule has 0 radical (unpaired) electrons. The van der Waals surface area contributed by atoms with Crippen molar-refractivity contribution in [1.29, 1.82) is 0 Å². The quantitative estimate of drug-likeness (QED) is 0.662. The van der Waals surface area contributed by atoms with E-state index in [-0.39, 0.29) is 18.2 Å². The van der Waals surface area contributed by atoms with Gasteiger partial charge >= 0.3 is 0 Å². The van der Waals surface area contributed by atoms with Crippen LogP contribution in [0.4, 0.5) is 0 Å². The maximum Gasteiger partial charge on any atom is 0.216 e. The highest BCUT2D eigenvalue weighted by molar-refractivity contribution is 5.94. The number of carbonyl (C=O) groups excluding carboxylic acids is 2. The second kappa shape index (κ2) is 6.28. The van der Waals surface area contributed by atoms with Crippen LogP contribution >= 0.6 is 0 Å². The lowest BCUT2D eigenvalue weighted by molar-refractivity contribution is -0.119. The van der Waals surface area contributed by atoms with E-state index < -0.39 is 12.2 Å². The Morgan fingerprint density at radius 2 is 1.94 bits per heavy atom. The Kier molecular flexibility index (Phi) is 5.00. The first-order valence-corrected chi connectivity index (χ1v) is 5.63. The molecule has 1 rings (SSSR count). The molecule has 18 heavy (non-hydrogen) atoms. The van der Waals surface area contributed by atoms with Crippen LogP contribution in [0, 0.1) is 0 Å². The molecule has 0 saturated carbocycles. The van der Waals surface area contributed by atoms with Crippen LogP contribution in [0.15, 0.2) is 24.3 Å². The lowest BCUT2D eigenvalue weighted by Gasteiger charge is -2.18. The number of nitrogens with one attached hydrogen (secondary N) is 1. The number of aliphatic hydroxyl groups excluding tert-OH is 2. The Labute approximate surface area is 105 Å². The second-order valence-electron chi connectivity index (χ2n) is 4.13. The van der Waals surface area contributed by atoms with Crippen LogP contribution < -0.4 is 5.32 Å². The number of hydrogen-bond donors (Lipinski definition) is 3. The van der Waals surface area contributed by atoms with Crippen molar-refractivity contribution in [3.63, 3.8) is 0 Å². The summed E-state index contributed by atoms with van der Waals surface area (Å²) < 4.78 is 0. The van der Waals surface area contributed by atoms with E-state index in [9.17, 15) is 19.8 Å². The van der Waals surface area contributed by atoms with Crippen LogP contribution in [0.1, 0.15) is 35.9 Å². The van der Waals surface area contributed by atoms with E-state index in [1.165, 1.54) is 19.9 Å². The summed E-state index contributed by atoms with van der Waals surface area (Å²) in [4.78, 5) is 21.9. The first-order valence-electron chi connectivity index (χ1n) is 5.63. The van der Waals surface area contributed by atoms with Crippen LogP contribution in [0.2, 0.25) is 0 Å².